The molecule has 0 saturated heterocycles. The van der Waals surface area contributed by atoms with Gasteiger partial charge in [0.15, 0.2) is 0 Å². The van der Waals surface area contributed by atoms with Crippen LogP contribution in [0.25, 0.3) is 0 Å². The van der Waals surface area contributed by atoms with E-state index in [1.807, 2.05) is 0 Å². The molecule has 0 aromatic carbocycles. The number of carboxylic acids is 1. The molecule has 0 aliphatic carbocycles. The lowest BCUT2D eigenvalue weighted by molar-refractivity contribution is 0.0692. The maximum Gasteiger partial charge on any atom is 0.338 e. The first-order chi connectivity index (χ1) is 7.25. The van der Waals surface area contributed by atoms with E-state index in [4.69, 9.17) is 11.5 Å². The van der Waals surface area contributed by atoms with Gasteiger partial charge >= 0.3 is 5.97 Å². The van der Waals surface area contributed by atoms with Gasteiger partial charge in [-0.25, -0.2) is 9.78 Å². The third kappa shape index (κ3) is 3.64. The van der Waals surface area contributed by atoms with E-state index in [1.165, 1.54) is 11.8 Å². The highest BCUT2D eigenvalue weighted by molar-refractivity contribution is 7.99. The van der Waals surface area contributed by atoms with Gasteiger partial charge in [-0.1, -0.05) is 0 Å². The van der Waals surface area contributed by atoms with E-state index in [-0.39, 0.29) is 5.56 Å². The Morgan fingerprint density at radius 1 is 1.67 bits per heavy atom. The van der Waals surface area contributed by atoms with Gasteiger partial charge in [0.1, 0.15) is 5.03 Å². The lowest BCUT2D eigenvalue weighted by atomic mass is 10.3. The van der Waals surface area contributed by atoms with Gasteiger partial charge in [0.25, 0.3) is 0 Å². The molecule has 0 saturated carbocycles. The molecule has 1 N–H and O–H groups in total. The van der Waals surface area contributed by atoms with Gasteiger partial charge in [0.05, 0.1) is 5.56 Å². The Labute approximate surface area is 92.9 Å². The fourth-order valence-corrected chi connectivity index (χ4v) is 1.94. The second-order valence-corrected chi connectivity index (χ2v) is 3.90. The molecule has 0 aliphatic rings. The first kappa shape index (κ1) is 11.6. The third-order valence-electron chi connectivity index (χ3n) is 1.71. The zero-order valence-corrected chi connectivity index (χ0v) is 8.96. The maximum atomic E-state index is 10.8. The fraction of sp³-hybridized carbons (Fsp3) is 0.273. The summed E-state index contributed by atoms with van der Waals surface area (Å²) in [5.74, 6) is 2.39. The molecule has 0 atom stereocenters. The Balaban J connectivity index is 2.60. The molecule has 3 nitrogen and oxygen atoms in total. The molecule has 1 rings (SSSR count). The van der Waals surface area contributed by atoms with Crippen LogP contribution in [-0.4, -0.2) is 21.8 Å². The van der Waals surface area contributed by atoms with Crippen molar-refractivity contribution in [1.29, 1.82) is 0 Å². The van der Waals surface area contributed by atoms with Crippen LogP contribution in [0.4, 0.5) is 0 Å². The zero-order chi connectivity index (χ0) is 11.1. The van der Waals surface area contributed by atoms with Gasteiger partial charge in [0, 0.05) is 18.4 Å². The summed E-state index contributed by atoms with van der Waals surface area (Å²) in [6, 6.07) is 3.17. The van der Waals surface area contributed by atoms with Gasteiger partial charge in [0.2, 0.25) is 0 Å². The van der Waals surface area contributed by atoms with E-state index in [0.717, 1.165) is 12.2 Å². The van der Waals surface area contributed by atoms with Crippen LogP contribution in [0, 0.1) is 12.3 Å². The molecule has 1 heterocycles. The summed E-state index contributed by atoms with van der Waals surface area (Å²) >= 11 is 1.43. The number of carboxylic acid groups (broad SMARTS) is 1. The average molecular weight is 221 g/mol. The number of terminal acetylenes is 1. The van der Waals surface area contributed by atoms with Gasteiger partial charge in [-0.05, 0) is 18.6 Å². The van der Waals surface area contributed by atoms with E-state index in [2.05, 4.69) is 10.9 Å². The predicted octanol–water partition coefficient (Wildman–Crippen LogP) is 2.29. The molecule has 4 heteroatoms. The summed E-state index contributed by atoms with van der Waals surface area (Å²) in [4.78, 5) is 14.9. The average Bonchev–Trinajstić information content (AvgIpc) is 2.25. The molecule has 0 unspecified atom stereocenters. The topological polar surface area (TPSA) is 50.2 Å². The lowest BCUT2D eigenvalue weighted by Crippen LogP contribution is -2.00. The van der Waals surface area contributed by atoms with Gasteiger partial charge in [-0.3, -0.25) is 0 Å². The Bertz CT molecular complexity index is 384. The van der Waals surface area contributed by atoms with Crippen molar-refractivity contribution < 1.29 is 9.90 Å². The van der Waals surface area contributed by atoms with Crippen LogP contribution in [0.1, 0.15) is 23.2 Å². The molecule has 0 spiro atoms. The van der Waals surface area contributed by atoms with E-state index < -0.39 is 5.97 Å². The SMILES string of the molecule is C#CCCCSc1ncccc1C(=O)O. The van der Waals surface area contributed by atoms with E-state index in [9.17, 15) is 4.79 Å². The smallest absolute Gasteiger partial charge is 0.338 e. The minimum Gasteiger partial charge on any atom is -0.478 e. The highest BCUT2D eigenvalue weighted by atomic mass is 32.2. The van der Waals surface area contributed by atoms with E-state index in [0.29, 0.717) is 11.4 Å². The lowest BCUT2D eigenvalue weighted by Gasteiger charge is -2.02. The summed E-state index contributed by atoms with van der Waals surface area (Å²) in [6.07, 6.45) is 8.29. The number of hydrogen-bond acceptors (Lipinski definition) is 3. The molecule has 0 radical (unpaired) electrons. The van der Waals surface area contributed by atoms with Crippen LogP contribution in [-0.2, 0) is 0 Å². The van der Waals surface area contributed by atoms with Gasteiger partial charge in [-0.2, -0.15) is 0 Å². The molecule has 0 amide bonds. The Hall–Kier alpha value is -1.47. The molecular formula is C11H11NO2S. The van der Waals surface area contributed by atoms with Gasteiger partial charge in [-0.15, -0.1) is 24.1 Å². The van der Waals surface area contributed by atoms with Crippen LogP contribution in [0.2, 0.25) is 0 Å². The number of hydrogen-bond donors (Lipinski definition) is 1. The monoisotopic (exact) mass is 221 g/mol. The minimum absolute atomic E-state index is 0.253. The Morgan fingerprint density at radius 2 is 2.47 bits per heavy atom. The summed E-state index contributed by atoms with van der Waals surface area (Å²) in [6.45, 7) is 0. The highest BCUT2D eigenvalue weighted by Crippen LogP contribution is 2.20. The first-order valence-electron chi connectivity index (χ1n) is 4.50. The van der Waals surface area contributed by atoms with Crippen molar-refractivity contribution in [2.24, 2.45) is 0 Å². The quantitative estimate of drug-likeness (QED) is 0.471. The molecule has 15 heavy (non-hydrogen) atoms. The van der Waals surface area contributed by atoms with Crippen molar-refractivity contribution in [1.82, 2.24) is 4.98 Å². The normalized spacial score (nSPS) is 9.53. The van der Waals surface area contributed by atoms with Crippen LogP contribution in [0.5, 0.6) is 0 Å². The van der Waals surface area contributed by atoms with Gasteiger partial charge < -0.3 is 5.11 Å². The second-order valence-electron chi connectivity index (χ2n) is 2.82. The number of carbonyl (C=O) groups is 1. The second kappa shape index (κ2) is 6.10. The van der Waals surface area contributed by atoms with Crippen molar-refractivity contribution in [3.8, 4) is 12.3 Å². The number of unbranched alkanes of at least 4 members (excludes halogenated alkanes) is 1. The molecule has 78 valence electrons. The molecule has 0 aliphatic heterocycles. The molecular weight excluding hydrogens is 210 g/mol. The van der Waals surface area contributed by atoms with E-state index >= 15 is 0 Å². The number of aromatic nitrogens is 1. The van der Waals surface area contributed by atoms with Crippen molar-refractivity contribution >= 4 is 17.7 Å². The van der Waals surface area contributed by atoms with Crippen molar-refractivity contribution in [2.75, 3.05) is 5.75 Å². The Morgan fingerprint density at radius 3 is 3.13 bits per heavy atom. The maximum absolute atomic E-state index is 10.8. The largest absolute Gasteiger partial charge is 0.478 e. The number of nitrogens with zero attached hydrogens (tertiary/aromatic N) is 1. The minimum atomic E-state index is -0.942. The van der Waals surface area contributed by atoms with Crippen LogP contribution < -0.4 is 0 Å². The number of pyridine rings is 1. The summed E-state index contributed by atoms with van der Waals surface area (Å²) in [7, 11) is 0. The number of aromatic carboxylic acids is 1. The standard InChI is InChI=1S/C11H11NO2S/c1-2-3-4-8-15-10-9(11(13)14)6-5-7-12-10/h1,5-7H,3-4,8H2,(H,13,14). The van der Waals surface area contributed by atoms with Crippen molar-refractivity contribution in [2.45, 2.75) is 17.9 Å². The highest BCUT2D eigenvalue weighted by Gasteiger charge is 2.09. The number of rotatable bonds is 5. The zero-order valence-electron chi connectivity index (χ0n) is 8.14. The van der Waals surface area contributed by atoms with Crippen molar-refractivity contribution in [3.05, 3.63) is 23.9 Å². The fourth-order valence-electron chi connectivity index (χ4n) is 1.01. The van der Waals surface area contributed by atoms with Crippen LogP contribution in [0.3, 0.4) is 0 Å². The number of thioether (sulfide) groups is 1. The van der Waals surface area contributed by atoms with E-state index in [1.54, 1.807) is 18.3 Å². The third-order valence-corrected chi connectivity index (χ3v) is 2.80. The predicted molar refractivity (Wildman–Crippen MR) is 60.0 cm³/mol. The van der Waals surface area contributed by atoms with Crippen LogP contribution in [0.15, 0.2) is 23.4 Å². The molecule has 0 fully saturated rings. The Kier molecular flexibility index (Phi) is 4.72. The molecule has 1 aromatic heterocycles. The first-order valence-corrected chi connectivity index (χ1v) is 5.49. The summed E-state index contributed by atoms with van der Waals surface area (Å²) in [5, 5.41) is 9.44. The molecule has 0 bridgehead atoms. The van der Waals surface area contributed by atoms with Crippen LogP contribution >= 0.6 is 11.8 Å². The summed E-state index contributed by atoms with van der Waals surface area (Å²) < 4.78 is 0. The van der Waals surface area contributed by atoms with Crippen molar-refractivity contribution in [3.63, 3.8) is 0 Å². The summed E-state index contributed by atoms with van der Waals surface area (Å²) in [5.41, 5.74) is 0.253. The molecule has 1 aromatic rings.